The van der Waals surface area contributed by atoms with E-state index in [0.29, 0.717) is 0 Å². The third kappa shape index (κ3) is 4.98. The lowest BCUT2D eigenvalue weighted by Gasteiger charge is -2.15. The first-order valence-electron chi connectivity index (χ1n) is 7.36. The van der Waals surface area contributed by atoms with Crippen LogP contribution in [0.1, 0.15) is 11.7 Å². The van der Waals surface area contributed by atoms with Gasteiger partial charge in [0.15, 0.2) is 6.10 Å². The summed E-state index contributed by atoms with van der Waals surface area (Å²) in [5.41, 5.74) is 4.48. The van der Waals surface area contributed by atoms with Crippen molar-refractivity contribution in [3.63, 3.8) is 0 Å². The van der Waals surface area contributed by atoms with Crippen LogP contribution in [0.25, 0.3) is 0 Å². The summed E-state index contributed by atoms with van der Waals surface area (Å²) >= 11 is 0. The lowest BCUT2D eigenvalue weighted by molar-refractivity contribution is 0.264. The van der Waals surface area contributed by atoms with Gasteiger partial charge in [0.25, 0.3) is 0 Å². The fraction of sp³-hybridized carbons (Fsp3) is 0.263. The molecule has 0 aliphatic carbocycles. The normalized spacial score (nSPS) is 12.0. The van der Waals surface area contributed by atoms with Crippen molar-refractivity contribution in [3.8, 4) is 23.0 Å². The van der Waals surface area contributed by atoms with Gasteiger partial charge in [-0.3, -0.25) is 0 Å². The maximum atomic E-state index is 6.09. The molecule has 0 saturated heterocycles. The van der Waals surface area contributed by atoms with Crippen molar-refractivity contribution in [1.29, 1.82) is 0 Å². The molecule has 0 aliphatic heterocycles. The van der Waals surface area contributed by atoms with Crippen LogP contribution in [0, 0.1) is 11.5 Å². The van der Waals surface area contributed by atoms with E-state index < -0.39 is 8.07 Å². The predicted octanol–water partition coefficient (Wildman–Crippen LogP) is 4.70. The van der Waals surface area contributed by atoms with Gasteiger partial charge in [0.2, 0.25) is 0 Å². The molecule has 1 atom stereocenters. The molecular formula is C19H22O2Si. The number of ether oxygens (including phenoxy) is 2. The summed E-state index contributed by atoms with van der Waals surface area (Å²) < 4.78 is 11.3. The molecule has 1 unspecified atom stereocenters. The molecule has 0 radical (unpaired) electrons. The van der Waals surface area contributed by atoms with Crippen molar-refractivity contribution in [2.45, 2.75) is 25.7 Å². The number of hydrogen-bond donors (Lipinski definition) is 0. The minimum absolute atomic E-state index is 0.249. The average molecular weight is 310 g/mol. The lowest BCUT2D eigenvalue weighted by Crippen LogP contribution is -2.17. The predicted molar refractivity (Wildman–Crippen MR) is 93.9 cm³/mol. The third-order valence-corrected chi connectivity index (χ3v) is 3.89. The van der Waals surface area contributed by atoms with E-state index in [1.54, 1.807) is 7.11 Å². The summed E-state index contributed by atoms with van der Waals surface area (Å²) in [6, 6.07) is 17.7. The second-order valence-corrected chi connectivity index (χ2v) is 10.9. The highest BCUT2D eigenvalue weighted by Crippen LogP contribution is 2.24. The van der Waals surface area contributed by atoms with Gasteiger partial charge in [-0.25, -0.2) is 0 Å². The second-order valence-electron chi connectivity index (χ2n) is 6.10. The van der Waals surface area contributed by atoms with Crippen molar-refractivity contribution in [3.05, 3.63) is 60.2 Å². The molecule has 0 fully saturated rings. The Labute approximate surface area is 134 Å². The van der Waals surface area contributed by atoms with Gasteiger partial charge in [0.1, 0.15) is 19.6 Å². The second kappa shape index (κ2) is 7.19. The van der Waals surface area contributed by atoms with Crippen LogP contribution >= 0.6 is 0 Å². The highest BCUT2D eigenvalue weighted by molar-refractivity contribution is 6.83. The van der Waals surface area contributed by atoms with E-state index in [4.69, 9.17) is 9.47 Å². The monoisotopic (exact) mass is 310 g/mol. The van der Waals surface area contributed by atoms with Crippen LogP contribution < -0.4 is 9.47 Å². The zero-order valence-electron chi connectivity index (χ0n) is 13.6. The van der Waals surface area contributed by atoms with Crippen LogP contribution in [-0.2, 0) is 0 Å². The summed E-state index contributed by atoms with van der Waals surface area (Å²) in [6.07, 6.45) is -0.249. The number of hydrogen-bond acceptors (Lipinski definition) is 2. The Morgan fingerprint density at radius 2 is 1.45 bits per heavy atom. The summed E-state index contributed by atoms with van der Waals surface area (Å²) in [6.45, 7) is 6.69. The first-order valence-corrected chi connectivity index (χ1v) is 10.9. The molecule has 0 heterocycles. The van der Waals surface area contributed by atoms with Gasteiger partial charge >= 0.3 is 0 Å². The van der Waals surface area contributed by atoms with E-state index in [-0.39, 0.29) is 6.10 Å². The minimum Gasteiger partial charge on any atom is -0.497 e. The zero-order valence-corrected chi connectivity index (χ0v) is 14.6. The van der Waals surface area contributed by atoms with Gasteiger partial charge in [0, 0.05) is 5.56 Å². The van der Waals surface area contributed by atoms with Crippen molar-refractivity contribution in [1.82, 2.24) is 0 Å². The minimum atomic E-state index is -1.45. The molecule has 0 saturated carbocycles. The first kappa shape index (κ1) is 16.2. The van der Waals surface area contributed by atoms with E-state index in [0.717, 1.165) is 17.1 Å². The maximum absolute atomic E-state index is 6.09. The number of benzene rings is 2. The highest BCUT2D eigenvalue weighted by Gasteiger charge is 2.13. The fourth-order valence-corrected chi connectivity index (χ4v) is 2.45. The molecule has 2 aromatic carbocycles. The van der Waals surface area contributed by atoms with Crippen LogP contribution in [0.15, 0.2) is 54.6 Å². The smallest absolute Gasteiger partial charge is 0.183 e. The molecule has 22 heavy (non-hydrogen) atoms. The topological polar surface area (TPSA) is 18.5 Å². The van der Waals surface area contributed by atoms with Crippen LogP contribution in [0.5, 0.6) is 11.5 Å². The molecule has 2 nitrogen and oxygen atoms in total. The molecule has 0 amide bonds. The Bertz CT molecular complexity index is 646. The molecule has 0 N–H and O–H groups in total. The van der Waals surface area contributed by atoms with Gasteiger partial charge in [-0.2, -0.15) is 0 Å². The van der Waals surface area contributed by atoms with E-state index in [9.17, 15) is 0 Å². The van der Waals surface area contributed by atoms with Gasteiger partial charge < -0.3 is 9.47 Å². The Kier molecular flexibility index (Phi) is 5.29. The van der Waals surface area contributed by atoms with Crippen molar-refractivity contribution in [2.75, 3.05) is 7.11 Å². The van der Waals surface area contributed by atoms with Gasteiger partial charge in [-0.1, -0.05) is 55.9 Å². The molecule has 0 aromatic heterocycles. The van der Waals surface area contributed by atoms with Crippen LogP contribution in [0.2, 0.25) is 19.6 Å². The molecule has 2 aromatic rings. The third-order valence-electron chi connectivity index (χ3n) is 2.99. The summed E-state index contributed by atoms with van der Waals surface area (Å²) in [5.74, 6) is 4.92. The standard InChI is InChI=1S/C19H22O2Si/c1-20-17-10-12-18(13-11-17)21-19(14-15-22(2,3)4)16-8-6-5-7-9-16/h5-13,19H,1-4H3. The number of rotatable bonds is 4. The van der Waals surface area contributed by atoms with Crippen LogP contribution in [0.4, 0.5) is 0 Å². The summed E-state index contributed by atoms with van der Waals surface area (Å²) in [7, 11) is 0.209. The molecule has 114 valence electrons. The van der Waals surface area contributed by atoms with E-state index in [1.807, 2.05) is 54.6 Å². The lowest BCUT2D eigenvalue weighted by atomic mass is 10.1. The van der Waals surface area contributed by atoms with Gasteiger partial charge in [0.05, 0.1) is 7.11 Å². The van der Waals surface area contributed by atoms with Crippen LogP contribution in [0.3, 0.4) is 0 Å². The zero-order chi connectivity index (χ0) is 16.0. The van der Waals surface area contributed by atoms with Crippen molar-refractivity contribution in [2.24, 2.45) is 0 Å². The largest absolute Gasteiger partial charge is 0.497 e. The molecule has 3 heteroatoms. The van der Waals surface area contributed by atoms with Gasteiger partial charge in [-0.05, 0) is 24.3 Å². The Morgan fingerprint density at radius 3 is 2.00 bits per heavy atom. The maximum Gasteiger partial charge on any atom is 0.183 e. The fourth-order valence-electron chi connectivity index (χ4n) is 1.88. The van der Waals surface area contributed by atoms with E-state index in [1.165, 1.54) is 0 Å². The van der Waals surface area contributed by atoms with Crippen molar-refractivity contribution >= 4 is 8.07 Å². The Morgan fingerprint density at radius 1 is 0.864 bits per heavy atom. The van der Waals surface area contributed by atoms with Crippen molar-refractivity contribution < 1.29 is 9.47 Å². The molecule has 0 bridgehead atoms. The number of methoxy groups -OCH3 is 1. The van der Waals surface area contributed by atoms with Gasteiger partial charge in [-0.15, -0.1) is 5.54 Å². The van der Waals surface area contributed by atoms with E-state index >= 15 is 0 Å². The molecule has 0 spiro atoms. The molecular weight excluding hydrogens is 288 g/mol. The first-order chi connectivity index (χ1) is 10.5. The summed E-state index contributed by atoms with van der Waals surface area (Å²) in [4.78, 5) is 0. The van der Waals surface area contributed by atoms with E-state index in [2.05, 4.69) is 31.1 Å². The van der Waals surface area contributed by atoms with Crippen LogP contribution in [-0.4, -0.2) is 15.2 Å². The SMILES string of the molecule is COc1ccc(OC(C#C[Si](C)(C)C)c2ccccc2)cc1. The quantitative estimate of drug-likeness (QED) is 0.602. The highest BCUT2D eigenvalue weighted by atomic mass is 28.3. The molecule has 2 rings (SSSR count). The summed E-state index contributed by atoms with van der Waals surface area (Å²) in [5, 5.41) is 0. The Balaban J connectivity index is 2.25. The average Bonchev–Trinajstić information content (AvgIpc) is 2.52. The Hall–Kier alpha value is -2.18. The molecule has 0 aliphatic rings.